The van der Waals surface area contributed by atoms with Gasteiger partial charge in [-0.25, -0.2) is 8.42 Å². The molecule has 0 spiro atoms. The monoisotopic (exact) mass is 297 g/mol. The number of benzene rings is 1. The van der Waals surface area contributed by atoms with E-state index in [9.17, 15) is 18.3 Å². The maximum absolute atomic E-state index is 12.3. The number of hydrogen-bond donors (Lipinski definition) is 1. The van der Waals surface area contributed by atoms with Crippen molar-refractivity contribution >= 4 is 15.7 Å². The van der Waals surface area contributed by atoms with Crippen molar-refractivity contribution in [2.45, 2.75) is 24.3 Å². The number of rotatable bonds is 2. The fourth-order valence-electron chi connectivity index (χ4n) is 2.26. The molecular weight excluding hydrogens is 278 g/mol. The van der Waals surface area contributed by atoms with Crippen LogP contribution in [0.25, 0.3) is 0 Å². The van der Waals surface area contributed by atoms with Crippen LogP contribution in [0.4, 0.5) is 0 Å². The zero-order chi connectivity index (χ0) is 14.9. The highest BCUT2D eigenvalue weighted by Crippen LogP contribution is 2.19. The lowest BCUT2D eigenvalue weighted by Gasteiger charge is -2.34. The van der Waals surface area contributed by atoms with Crippen LogP contribution in [0.15, 0.2) is 29.2 Å². The summed E-state index contributed by atoms with van der Waals surface area (Å²) in [6, 6.07) is 5.91. The van der Waals surface area contributed by atoms with Crippen molar-refractivity contribution < 1.29 is 18.3 Å². The molecule has 0 radical (unpaired) electrons. The van der Waals surface area contributed by atoms with Crippen molar-refractivity contribution in [3.63, 3.8) is 0 Å². The first-order valence-electron chi connectivity index (χ1n) is 6.56. The minimum absolute atomic E-state index is 0.170. The van der Waals surface area contributed by atoms with Gasteiger partial charge in [-0.15, -0.1) is 0 Å². The van der Waals surface area contributed by atoms with Crippen LogP contribution in [-0.2, 0) is 9.84 Å². The number of piperidine rings is 1. The Bertz CT molecular complexity index is 594. The Balaban J connectivity index is 2.14. The van der Waals surface area contributed by atoms with E-state index in [0.29, 0.717) is 18.7 Å². The number of carbonyl (C=O) groups is 1. The van der Waals surface area contributed by atoms with Crippen LogP contribution >= 0.6 is 0 Å². The quantitative estimate of drug-likeness (QED) is 0.881. The number of aliphatic hydroxyl groups excluding tert-OH is 1. The second-order valence-corrected chi connectivity index (χ2v) is 7.40. The van der Waals surface area contributed by atoms with Crippen LogP contribution in [-0.4, -0.2) is 49.8 Å². The van der Waals surface area contributed by atoms with Gasteiger partial charge in [-0.1, -0.05) is 6.92 Å². The SMILES string of the molecule is CC1CCN(C(=O)c2ccc(S(C)(=O)=O)cc2)CC1O. The summed E-state index contributed by atoms with van der Waals surface area (Å²) in [4.78, 5) is 14.1. The highest BCUT2D eigenvalue weighted by molar-refractivity contribution is 7.90. The number of likely N-dealkylation sites (tertiary alicyclic amines) is 1. The first-order chi connectivity index (χ1) is 9.29. The molecule has 0 aromatic heterocycles. The van der Waals surface area contributed by atoms with Crippen molar-refractivity contribution in [3.8, 4) is 0 Å². The first kappa shape index (κ1) is 15.0. The molecule has 5 nitrogen and oxygen atoms in total. The van der Waals surface area contributed by atoms with Gasteiger partial charge in [-0.3, -0.25) is 4.79 Å². The van der Waals surface area contributed by atoms with Gasteiger partial charge in [-0.05, 0) is 36.6 Å². The van der Waals surface area contributed by atoms with Gasteiger partial charge in [0.1, 0.15) is 0 Å². The summed E-state index contributed by atoms with van der Waals surface area (Å²) in [5, 5.41) is 9.82. The van der Waals surface area contributed by atoms with Crippen molar-refractivity contribution in [1.82, 2.24) is 4.90 Å². The molecule has 1 aromatic carbocycles. The fraction of sp³-hybridized carbons (Fsp3) is 0.500. The standard InChI is InChI=1S/C14H19NO4S/c1-10-7-8-15(9-13(10)16)14(17)11-3-5-12(6-4-11)20(2,18)19/h3-6,10,13,16H,7-9H2,1-2H3. The highest BCUT2D eigenvalue weighted by Gasteiger charge is 2.27. The van der Waals surface area contributed by atoms with Gasteiger partial charge in [-0.2, -0.15) is 0 Å². The third kappa shape index (κ3) is 3.19. The third-order valence-electron chi connectivity index (χ3n) is 3.74. The summed E-state index contributed by atoms with van der Waals surface area (Å²) in [5.74, 6) is 0.0302. The summed E-state index contributed by atoms with van der Waals surface area (Å²) >= 11 is 0. The maximum Gasteiger partial charge on any atom is 0.253 e. The largest absolute Gasteiger partial charge is 0.391 e. The Morgan fingerprint density at radius 1 is 1.30 bits per heavy atom. The zero-order valence-electron chi connectivity index (χ0n) is 11.6. The Morgan fingerprint density at radius 3 is 2.40 bits per heavy atom. The van der Waals surface area contributed by atoms with Gasteiger partial charge >= 0.3 is 0 Å². The molecule has 1 saturated heterocycles. The number of aliphatic hydroxyl groups is 1. The van der Waals surface area contributed by atoms with Crippen LogP contribution in [0.3, 0.4) is 0 Å². The lowest BCUT2D eigenvalue weighted by Crippen LogP contribution is -2.45. The molecular formula is C14H19NO4S. The number of nitrogens with zero attached hydrogens (tertiary/aromatic N) is 1. The van der Waals surface area contributed by atoms with Gasteiger partial charge in [0.15, 0.2) is 9.84 Å². The van der Waals surface area contributed by atoms with Crippen LogP contribution in [0.1, 0.15) is 23.7 Å². The minimum atomic E-state index is -3.25. The third-order valence-corrected chi connectivity index (χ3v) is 4.86. The topological polar surface area (TPSA) is 74.7 Å². The number of β-amino-alcohol motifs (C(OH)–C–C–N with tert-alkyl or cyclic N) is 1. The molecule has 1 amide bonds. The molecule has 1 aliphatic rings. The number of carbonyl (C=O) groups excluding carboxylic acids is 1. The van der Waals surface area contributed by atoms with Crippen LogP contribution < -0.4 is 0 Å². The number of hydrogen-bond acceptors (Lipinski definition) is 4. The summed E-state index contributed by atoms with van der Waals surface area (Å²) in [7, 11) is -3.25. The van der Waals surface area contributed by atoms with E-state index in [-0.39, 0.29) is 16.7 Å². The number of sulfone groups is 1. The van der Waals surface area contributed by atoms with Gasteiger partial charge in [0, 0.05) is 24.9 Å². The van der Waals surface area contributed by atoms with Crippen molar-refractivity contribution in [2.75, 3.05) is 19.3 Å². The van der Waals surface area contributed by atoms with Crippen LogP contribution in [0, 0.1) is 5.92 Å². The molecule has 0 bridgehead atoms. The lowest BCUT2D eigenvalue weighted by atomic mass is 9.95. The van der Waals surface area contributed by atoms with Gasteiger partial charge in [0.25, 0.3) is 5.91 Å². The average Bonchev–Trinajstić information content (AvgIpc) is 2.40. The molecule has 1 heterocycles. The molecule has 1 aromatic rings. The second-order valence-electron chi connectivity index (χ2n) is 5.38. The number of amides is 1. The molecule has 2 rings (SSSR count). The molecule has 110 valence electrons. The molecule has 6 heteroatoms. The van der Waals surface area contributed by atoms with E-state index in [4.69, 9.17) is 0 Å². The predicted octanol–water partition coefficient (Wildman–Crippen LogP) is 0.933. The normalized spacial score (nSPS) is 23.6. The van der Waals surface area contributed by atoms with Crippen LogP contribution in [0.5, 0.6) is 0 Å². The molecule has 0 aliphatic carbocycles. The molecule has 1 fully saturated rings. The van der Waals surface area contributed by atoms with Gasteiger partial charge in [0.05, 0.1) is 11.0 Å². The van der Waals surface area contributed by atoms with Crippen LogP contribution in [0.2, 0.25) is 0 Å². The Hall–Kier alpha value is -1.40. The average molecular weight is 297 g/mol. The van der Waals surface area contributed by atoms with Gasteiger partial charge < -0.3 is 10.0 Å². The van der Waals surface area contributed by atoms with E-state index in [1.807, 2.05) is 6.92 Å². The Kier molecular flexibility index (Phi) is 4.15. The summed E-state index contributed by atoms with van der Waals surface area (Å²) in [5.41, 5.74) is 0.444. The molecule has 1 N–H and O–H groups in total. The lowest BCUT2D eigenvalue weighted by molar-refractivity contribution is 0.0248. The van der Waals surface area contributed by atoms with E-state index in [1.165, 1.54) is 24.3 Å². The summed E-state index contributed by atoms with van der Waals surface area (Å²) < 4.78 is 22.7. The fourth-order valence-corrected chi connectivity index (χ4v) is 2.89. The predicted molar refractivity (Wildman–Crippen MR) is 75.2 cm³/mol. The summed E-state index contributed by atoms with van der Waals surface area (Å²) in [6.07, 6.45) is 1.41. The van der Waals surface area contributed by atoms with E-state index < -0.39 is 15.9 Å². The molecule has 2 atom stereocenters. The van der Waals surface area contributed by atoms with Crippen molar-refractivity contribution in [3.05, 3.63) is 29.8 Å². The Labute approximate surface area is 119 Å². The van der Waals surface area contributed by atoms with E-state index in [0.717, 1.165) is 12.7 Å². The summed E-state index contributed by atoms with van der Waals surface area (Å²) in [6.45, 7) is 2.91. The minimum Gasteiger partial charge on any atom is -0.391 e. The highest BCUT2D eigenvalue weighted by atomic mass is 32.2. The second kappa shape index (κ2) is 5.54. The molecule has 1 aliphatic heterocycles. The van der Waals surface area contributed by atoms with E-state index >= 15 is 0 Å². The zero-order valence-corrected chi connectivity index (χ0v) is 12.4. The maximum atomic E-state index is 12.3. The molecule has 2 unspecified atom stereocenters. The molecule has 20 heavy (non-hydrogen) atoms. The Morgan fingerprint density at radius 2 is 1.90 bits per heavy atom. The smallest absolute Gasteiger partial charge is 0.253 e. The van der Waals surface area contributed by atoms with Gasteiger partial charge in [0.2, 0.25) is 0 Å². The van der Waals surface area contributed by atoms with Crippen molar-refractivity contribution in [2.24, 2.45) is 5.92 Å². The molecule has 0 saturated carbocycles. The van der Waals surface area contributed by atoms with Crippen molar-refractivity contribution in [1.29, 1.82) is 0 Å². The van der Waals surface area contributed by atoms with E-state index in [2.05, 4.69) is 0 Å². The van der Waals surface area contributed by atoms with E-state index in [1.54, 1.807) is 4.90 Å². The first-order valence-corrected chi connectivity index (χ1v) is 8.45.